The third-order valence-corrected chi connectivity index (χ3v) is 3.81. The molecule has 1 atom stereocenters. The van der Waals surface area contributed by atoms with E-state index in [0.29, 0.717) is 18.1 Å². The molecule has 0 aliphatic carbocycles. The van der Waals surface area contributed by atoms with Crippen LogP contribution in [0.15, 0.2) is 54.9 Å². The summed E-state index contributed by atoms with van der Waals surface area (Å²) in [5.74, 6) is 0.694. The molecule has 2 heteroatoms. The maximum Gasteiger partial charge on any atom is 0.129 e. The summed E-state index contributed by atoms with van der Waals surface area (Å²) in [6.07, 6.45) is 8.86. The van der Waals surface area contributed by atoms with Crippen LogP contribution in [0.1, 0.15) is 56.1 Å². The Morgan fingerprint density at radius 3 is 2.43 bits per heavy atom. The molecule has 1 heterocycles. The van der Waals surface area contributed by atoms with Crippen LogP contribution in [0.4, 0.5) is 0 Å². The van der Waals surface area contributed by atoms with Crippen molar-refractivity contribution in [3.63, 3.8) is 0 Å². The first-order valence-corrected chi connectivity index (χ1v) is 7.71. The molecule has 0 aliphatic heterocycles. The fourth-order valence-electron chi connectivity index (χ4n) is 2.69. The molecular weight excluding hydrogens is 258 g/mol. The molecule has 2 rings (SSSR count). The summed E-state index contributed by atoms with van der Waals surface area (Å²) in [6, 6.07) is 14.8. The zero-order valence-corrected chi connectivity index (χ0v) is 12.7. The van der Waals surface area contributed by atoms with Gasteiger partial charge in [-0.3, -0.25) is 4.98 Å². The standard InChI is InChI=1S/C19H23NO/c1-16(21)9-4-2-7-13-19(17-10-5-3-6-11-17)18-12-8-14-20-15-18/h3,5-6,8,10-12,14-15,19H,2,4,7,9,13H2,1H3. The average molecular weight is 281 g/mol. The third kappa shape index (κ3) is 5.14. The van der Waals surface area contributed by atoms with Crippen LogP contribution in [0, 0.1) is 0 Å². The normalized spacial score (nSPS) is 12.0. The van der Waals surface area contributed by atoms with E-state index in [1.165, 1.54) is 11.1 Å². The lowest BCUT2D eigenvalue weighted by atomic mass is 9.87. The van der Waals surface area contributed by atoms with E-state index in [2.05, 4.69) is 41.4 Å². The van der Waals surface area contributed by atoms with Crippen LogP contribution in [-0.2, 0) is 4.79 Å². The van der Waals surface area contributed by atoms with Crippen molar-refractivity contribution in [2.75, 3.05) is 0 Å². The average Bonchev–Trinajstić information content (AvgIpc) is 2.52. The number of aromatic nitrogens is 1. The summed E-state index contributed by atoms with van der Waals surface area (Å²) < 4.78 is 0. The number of pyridine rings is 1. The number of carbonyl (C=O) groups is 1. The molecule has 1 aromatic carbocycles. The van der Waals surface area contributed by atoms with Gasteiger partial charge in [-0.2, -0.15) is 0 Å². The Bertz CT molecular complexity index is 497. The van der Waals surface area contributed by atoms with Crippen molar-refractivity contribution in [3.8, 4) is 0 Å². The van der Waals surface area contributed by atoms with Crippen LogP contribution in [0.3, 0.4) is 0 Å². The molecule has 21 heavy (non-hydrogen) atoms. The SMILES string of the molecule is CC(=O)CCCCCC(c1ccccc1)c1cccnc1. The van der Waals surface area contributed by atoms with Gasteiger partial charge in [-0.1, -0.05) is 49.2 Å². The fourth-order valence-corrected chi connectivity index (χ4v) is 2.69. The highest BCUT2D eigenvalue weighted by Gasteiger charge is 2.13. The zero-order valence-electron chi connectivity index (χ0n) is 12.7. The lowest BCUT2D eigenvalue weighted by Crippen LogP contribution is -2.02. The second kappa shape index (κ2) is 8.35. The van der Waals surface area contributed by atoms with Crippen molar-refractivity contribution in [3.05, 3.63) is 66.0 Å². The molecule has 0 N–H and O–H groups in total. The van der Waals surface area contributed by atoms with Crippen LogP contribution >= 0.6 is 0 Å². The van der Waals surface area contributed by atoms with E-state index >= 15 is 0 Å². The molecule has 110 valence electrons. The molecule has 0 bridgehead atoms. The zero-order chi connectivity index (χ0) is 14.9. The molecule has 0 spiro atoms. The minimum atomic E-state index is 0.293. The van der Waals surface area contributed by atoms with Gasteiger partial charge in [0.25, 0.3) is 0 Å². The molecule has 2 aromatic rings. The van der Waals surface area contributed by atoms with E-state index in [0.717, 1.165) is 25.7 Å². The second-order valence-corrected chi connectivity index (χ2v) is 5.55. The quantitative estimate of drug-likeness (QED) is 0.653. The molecule has 0 saturated heterocycles. The van der Waals surface area contributed by atoms with Gasteiger partial charge in [-0.15, -0.1) is 0 Å². The fraction of sp³-hybridized carbons (Fsp3) is 0.368. The smallest absolute Gasteiger partial charge is 0.129 e. The highest BCUT2D eigenvalue weighted by molar-refractivity contribution is 5.75. The van der Waals surface area contributed by atoms with E-state index in [4.69, 9.17) is 0 Å². The first kappa shape index (κ1) is 15.4. The molecule has 0 aliphatic rings. The number of unbranched alkanes of at least 4 members (excludes halogenated alkanes) is 2. The number of hydrogen-bond acceptors (Lipinski definition) is 2. The van der Waals surface area contributed by atoms with Crippen molar-refractivity contribution >= 4 is 5.78 Å². The van der Waals surface area contributed by atoms with Crippen LogP contribution < -0.4 is 0 Å². The minimum Gasteiger partial charge on any atom is -0.300 e. The number of carbonyl (C=O) groups excluding carboxylic acids is 1. The predicted molar refractivity (Wildman–Crippen MR) is 86.3 cm³/mol. The monoisotopic (exact) mass is 281 g/mol. The van der Waals surface area contributed by atoms with E-state index < -0.39 is 0 Å². The Kier molecular flexibility index (Phi) is 6.14. The summed E-state index contributed by atoms with van der Waals surface area (Å²) >= 11 is 0. The number of benzene rings is 1. The Labute approximate surface area is 127 Å². The van der Waals surface area contributed by atoms with Crippen LogP contribution in [0.5, 0.6) is 0 Å². The van der Waals surface area contributed by atoms with Crippen molar-refractivity contribution in [1.82, 2.24) is 4.98 Å². The topological polar surface area (TPSA) is 30.0 Å². The van der Waals surface area contributed by atoms with Crippen LogP contribution in [-0.4, -0.2) is 10.8 Å². The van der Waals surface area contributed by atoms with E-state index in [1.54, 1.807) is 6.92 Å². The Morgan fingerprint density at radius 1 is 1.00 bits per heavy atom. The van der Waals surface area contributed by atoms with Crippen LogP contribution in [0.25, 0.3) is 0 Å². The number of Topliss-reactive ketones (excluding diaryl/α,β-unsaturated/α-hetero) is 1. The third-order valence-electron chi connectivity index (χ3n) is 3.81. The lowest BCUT2D eigenvalue weighted by Gasteiger charge is -2.17. The maximum absolute atomic E-state index is 11.0. The molecule has 0 radical (unpaired) electrons. The predicted octanol–water partition coefficient (Wildman–Crippen LogP) is 4.75. The summed E-state index contributed by atoms with van der Waals surface area (Å²) in [4.78, 5) is 15.2. The first-order chi connectivity index (χ1) is 10.3. The summed E-state index contributed by atoms with van der Waals surface area (Å²) in [7, 11) is 0. The van der Waals surface area contributed by atoms with Gasteiger partial charge in [0, 0.05) is 24.7 Å². The molecule has 1 unspecified atom stereocenters. The van der Waals surface area contributed by atoms with Gasteiger partial charge in [0.15, 0.2) is 0 Å². The van der Waals surface area contributed by atoms with Gasteiger partial charge in [0.2, 0.25) is 0 Å². The largest absolute Gasteiger partial charge is 0.300 e. The molecule has 0 saturated carbocycles. The van der Waals surface area contributed by atoms with Gasteiger partial charge in [0.05, 0.1) is 0 Å². The van der Waals surface area contributed by atoms with Crippen molar-refractivity contribution in [2.45, 2.75) is 44.9 Å². The Balaban J connectivity index is 1.99. The molecule has 0 amide bonds. The second-order valence-electron chi connectivity index (χ2n) is 5.55. The van der Waals surface area contributed by atoms with E-state index in [-0.39, 0.29) is 0 Å². The Hall–Kier alpha value is -1.96. The number of ketones is 1. The molecule has 0 fully saturated rings. The summed E-state index contributed by atoms with van der Waals surface area (Å²) in [5, 5.41) is 0. The van der Waals surface area contributed by atoms with E-state index in [1.807, 2.05) is 18.5 Å². The van der Waals surface area contributed by atoms with Crippen molar-refractivity contribution < 1.29 is 4.79 Å². The van der Waals surface area contributed by atoms with Gasteiger partial charge in [-0.25, -0.2) is 0 Å². The van der Waals surface area contributed by atoms with Gasteiger partial charge in [0.1, 0.15) is 5.78 Å². The first-order valence-electron chi connectivity index (χ1n) is 7.71. The minimum absolute atomic E-state index is 0.293. The number of rotatable bonds is 8. The van der Waals surface area contributed by atoms with Gasteiger partial charge in [-0.05, 0) is 37.0 Å². The molecular formula is C19H23NO. The summed E-state index contributed by atoms with van der Waals surface area (Å²) in [6.45, 7) is 1.67. The number of hydrogen-bond donors (Lipinski definition) is 0. The molecule has 1 aromatic heterocycles. The Morgan fingerprint density at radius 2 is 1.76 bits per heavy atom. The van der Waals surface area contributed by atoms with Gasteiger partial charge >= 0.3 is 0 Å². The number of nitrogens with zero attached hydrogens (tertiary/aromatic N) is 1. The highest BCUT2D eigenvalue weighted by atomic mass is 16.1. The van der Waals surface area contributed by atoms with Crippen molar-refractivity contribution in [2.24, 2.45) is 0 Å². The summed E-state index contributed by atoms with van der Waals surface area (Å²) in [5.41, 5.74) is 2.62. The van der Waals surface area contributed by atoms with Crippen molar-refractivity contribution in [1.29, 1.82) is 0 Å². The molecule has 2 nitrogen and oxygen atoms in total. The van der Waals surface area contributed by atoms with Crippen LogP contribution in [0.2, 0.25) is 0 Å². The van der Waals surface area contributed by atoms with Gasteiger partial charge < -0.3 is 4.79 Å². The maximum atomic E-state index is 11.0. The highest BCUT2D eigenvalue weighted by Crippen LogP contribution is 2.29. The van der Waals surface area contributed by atoms with E-state index in [9.17, 15) is 4.79 Å². The lowest BCUT2D eigenvalue weighted by molar-refractivity contribution is -0.117.